The second-order valence-electron chi connectivity index (χ2n) is 7.15. The van der Waals surface area contributed by atoms with Gasteiger partial charge in [-0.05, 0) is 37.8 Å². The number of amides is 2. The van der Waals surface area contributed by atoms with E-state index in [0.717, 1.165) is 25.7 Å². The molecule has 144 valence electrons. The Kier molecular flexibility index (Phi) is 6.26. The van der Waals surface area contributed by atoms with Gasteiger partial charge in [-0.15, -0.1) is 0 Å². The van der Waals surface area contributed by atoms with Crippen LogP contribution in [0.15, 0.2) is 18.2 Å². The predicted molar refractivity (Wildman–Crippen MR) is 101 cm³/mol. The molecule has 6 nitrogen and oxygen atoms in total. The van der Waals surface area contributed by atoms with E-state index < -0.39 is 12.1 Å². The van der Waals surface area contributed by atoms with Crippen LogP contribution < -0.4 is 10.6 Å². The standard InChI is InChI=1S/C20H23ClN2O4/c21-14-11-12(19(26)15-5-1-3-7-17(24)22-15)9-10-13(14)20(27)16-6-2-4-8-18(25)23-16/h9-11,15-16H,1-8H2,(H,22,24)(H,23,25). The van der Waals surface area contributed by atoms with Crippen LogP contribution in [0.4, 0.5) is 0 Å². The van der Waals surface area contributed by atoms with E-state index in [2.05, 4.69) is 10.6 Å². The molecule has 2 aliphatic rings. The third kappa shape index (κ3) is 4.75. The van der Waals surface area contributed by atoms with Crippen LogP contribution >= 0.6 is 11.6 Å². The highest BCUT2D eigenvalue weighted by Gasteiger charge is 2.28. The van der Waals surface area contributed by atoms with Gasteiger partial charge < -0.3 is 10.6 Å². The molecule has 2 N–H and O–H groups in total. The monoisotopic (exact) mass is 390 g/mol. The molecular formula is C20H23ClN2O4. The first-order valence-corrected chi connectivity index (χ1v) is 9.80. The molecule has 1 aromatic rings. The molecule has 2 amide bonds. The number of halogens is 1. The van der Waals surface area contributed by atoms with Gasteiger partial charge in [-0.3, -0.25) is 19.2 Å². The van der Waals surface area contributed by atoms with Crippen molar-refractivity contribution in [3.05, 3.63) is 34.3 Å². The van der Waals surface area contributed by atoms with Crippen molar-refractivity contribution in [2.45, 2.75) is 63.5 Å². The van der Waals surface area contributed by atoms with E-state index in [1.54, 1.807) is 6.07 Å². The van der Waals surface area contributed by atoms with Gasteiger partial charge in [-0.2, -0.15) is 0 Å². The van der Waals surface area contributed by atoms with Gasteiger partial charge in [0, 0.05) is 24.0 Å². The van der Waals surface area contributed by atoms with Crippen molar-refractivity contribution in [2.24, 2.45) is 0 Å². The van der Waals surface area contributed by atoms with Crippen molar-refractivity contribution in [2.75, 3.05) is 0 Å². The Hall–Kier alpha value is -2.21. The van der Waals surface area contributed by atoms with Crippen molar-refractivity contribution in [1.29, 1.82) is 0 Å². The lowest BCUT2D eigenvalue weighted by molar-refractivity contribution is -0.122. The van der Waals surface area contributed by atoms with E-state index in [1.807, 2.05) is 0 Å². The van der Waals surface area contributed by atoms with Gasteiger partial charge in [0.2, 0.25) is 11.8 Å². The average molecular weight is 391 g/mol. The predicted octanol–water partition coefficient (Wildman–Crippen LogP) is 2.82. The first-order valence-electron chi connectivity index (χ1n) is 9.42. The Morgan fingerprint density at radius 1 is 0.852 bits per heavy atom. The highest BCUT2D eigenvalue weighted by Crippen LogP contribution is 2.24. The average Bonchev–Trinajstić information content (AvgIpc) is 3.00. The summed E-state index contributed by atoms with van der Waals surface area (Å²) in [4.78, 5) is 48.9. The summed E-state index contributed by atoms with van der Waals surface area (Å²) in [5.74, 6) is -0.684. The molecule has 2 heterocycles. The van der Waals surface area contributed by atoms with Gasteiger partial charge in [0.1, 0.15) is 0 Å². The number of benzene rings is 1. The quantitative estimate of drug-likeness (QED) is 0.773. The summed E-state index contributed by atoms with van der Waals surface area (Å²) >= 11 is 6.29. The molecule has 0 spiro atoms. The van der Waals surface area contributed by atoms with Crippen LogP contribution in [-0.4, -0.2) is 35.5 Å². The fraction of sp³-hybridized carbons (Fsp3) is 0.500. The van der Waals surface area contributed by atoms with Gasteiger partial charge >= 0.3 is 0 Å². The molecule has 2 atom stereocenters. The van der Waals surface area contributed by atoms with E-state index in [1.165, 1.54) is 12.1 Å². The first-order chi connectivity index (χ1) is 13.0. The minimum Gasteiger partial charge on any atom is -0.346 e. The van der Waals surface area contributed by atoms with Gasteiger partial charge in [0.05, 0.1) is 17.1 Å². The van der Waals surface area contributed by atoms with Crippen LogP contribution in [0.2, 0.25) is 5.02 Å². The Morgan fingerprint density at radius 2 is 1.41 bits per heavy atom. The zero-order valence-corrected chi connectivity index (χ0v) is 15.8. The molecule has 2 aliphatic heterocycles. The fourth-order valence-electron chi connectivity index (χ4n) is 3.60. The van der Waals surface area contributed by atoms with Crippen molar-refractivity contribution in [3.8, 4) is 0 Å². The number of ketones is 2. The van der Waals surface area contributed by atoms with E-state index in [9.17, 15) is 19.2 Å². The molecule has 0 bridgehead atoms. The lowest BCUT2D eigenvalue weighted by Gasteiger charge is -2.17. The highest BCUT2D eigenvalue weighted by molar-refractivity contribution is 6.34. The molecule has 2 fully saturated rings. The molecular weight excluding hydrogens is 368 g/mol. The Morgan fingerprint density at radius 3 is 1.96 bits per heavy atom. The van der Waals surface area contributed by atoms with Crippen molar-refractivity contribution < 1.29 is 19.2 Å². The fourth-order valence-corrected chi connectivity index (χ4v) is 3.87. The minimum atomic E-state index is -0.583. The minimum absolute atomic E-state index is 0.118. The lowest BCUT2D eigenvalue weighted by Crippen LogP contribution is -2.40. The van der Waals surface area contributed by atoms with E-state index in [4.69, 9.17) is 11.6 Å². The number of carbonyl (C=O) groups is 4. The maximum atomic E-state index is 12.7. The summed E-state index contributed by atoms with van der Waals surface area (Å²) in [7, 11) is 0. The maximum absolute atomic E-state index is 12.7. The summed E-state index contributed by atoms with van der Waals surface area (Å²) in [6.45, 7) is 0. The Labute approximate surface area is 163 Å². The van der Waals surface area contributed by atoms with Gasteiger partial charge in [0.15, 0.2) is 11.6 Å². The molecule has 1 aromatic carbocycles. The summed E-state index contributed by atoms with van der Waals surface area (Å²) in [6, 6.07) is 3.44. The molecule has 2 unspecified atom stereocenters. The van der Waals surface area contributed by atoms with Crippen LogP contribution in [0, 0.1) is 0 Å². The van der Waals surface area contributed by atoms with Crippen LogP contribution in [0.1, 0.15) is 72.1 Å². The van der Waals surface area contributed by atoms with Crippen molar-refractivity contribution >= 4 is 35.0 Å². The first kappa shape index (κ1) is 19.5. The van der Waals surface area contributed by atoms with Crippen LogP contribution in [0.25, 0.3) is 0 Å². The number of hydrogen-bond donors (Lipinski definition) is 2. The Balaban J connectivity index is 1.76. The van der Waals surface area contributed by atoms with Gasteiger partial charge in [-0.25, -0.2) is 0 Å². The topological polar surface area (TPSA) is 92.3 Å². The zero-order valence-electron chi connectivity index (χ0n) is 15.1. The van der Waals surface area contributed by atoms with Gasteiger partial charge in [0.25, 0.3) is 0 Å². The number of hydrogen-bond acceptors (Lipinski definition) is 4. The third-order valence-corrected chi connectivity index (χ3v) is 5.43. The molecule has 27 heavy (non-hydrogen) atoms. The smallest absolute Gasteiger partial charge is 0.220 e. The Bertz CT molecular complexity index is 777. The second kappa shape index (κ2) is 8.65. The largest absolute Gasteiger partial charge is 0.346 e. The van der Waals surface area contributed by atoms with E-state index in [-0.39, 0.29) is 28.4 Å². The summed E-state index contributed by atoms with van der Waals surface area (Å²) in [6.07, 6.45) is 5.18. The van der Waals surface area contributed by atoms with Crippen LogP contribution in [0.5, 0.6) is 0 Å². The number of carbonyl (C=O) groups excluding carboxylic acids is 4. The second-order valence-corrected chi connectivity index (χ2v) is 7.56. The van der Waals surface area contributed by atoms with Crippen LogP contribution in [0.3, 0.4) is 0 Å². The molecule has 3 rings (SSSR count). The molecule has 0 aromatic heterocycles. The molecule has 0 saturated carbocycles. The van der Waals surface area contributed by atoms with Crippen molar-refractivity contribution in [1.82, 2.24) is 10.6 Å². The summed E-state index contributed by atoms with van der Waals surface area (Å²) in [5.41, 5.74) is 0.666. The van der Waals surface area contributed by atoms with E-state index in [0.29, 0.717) is 36.8 Å². The maximum Gasteiger partial charge on any atom is 0.220 e. The van der Waals surface area contributed by atoms with E-state index >= 15 is 0 Å². The highest BCUT2D eigenvalue weighted by atomic mass is 35.5. The SMILES string of the molecule is O=C1CCCCC(C(=O)c2ccc(C(=O)C3CCCCC(=O)N3)c(Cl)c2)N1. The number of rotatable bonds is 4. The molecule has 0 radical (unpaired) electrons. The summed E-state index contributed by atoms with van der Waals surface area (Å²) in [5, 5.41) is 5.68. The molecule has 0 aliphatic carbocycles. The summed E-state index contributed by atoms with van der Waals surface area (Å²) < 4.78 is 0. The normalized spacial score (nSPS) is 23.6. The third-order valence-electron chi connectivity index (χ3n) is 5.12. The van der Waals surface area contributed by atoms with Crippen molar-refractivity contribution in [3.63, 3.8) is 0 Å². The van der Waals surface area contributed by atoms with Crippen LogP contribution in [-0.2, 0) is 9.59 Å². The van der Waals surface area contributed by atoms with Gasteiger partial charge in [-0.1, -0.05) is 30.5 Å². The number of Topliss-reactive ketones (excluding diaryl/α,β-unsaturated/α-hetero) is 2. The number of nitrogens with one attached hydrogen (secondary N) is 2. The molecule has 2 saturated heterocycles. The lowest BCUT2D eigenvalue weighted by atomic mass is 9.96. The molecule has 7 heteroatoms. The zero-order chi connectivity index (χ0) is 19.4.